The largest absolute Gasteiger partial charge is 0.463 e. The van der Waals surface area contributed by atoms with Crippen molar-refractivity contribution in [3.63, 3.8) is 0 Å². The summed E-state index contributed by atoms with van der Waals surface area (Å²) in [7, 11) is 0. The molecule has 158 valence electrons. The molecule has 0 aliphatic carbocycles. The Balaban J connectivity index is 1.55. The standard InChI is InChI=1S/C24H18N4O4/c1-15-12-18(19(28(29)30)13-16(15)2)20-9-8-17(32-20)14-25-24-23(21-6-5-11-31-21)26-22-7-3-4-10-27(22)24/h3-14H,1-2H3. The van der Waals surface area contributed by atoms with E-state index in [0.29, 0.717) is 34.4 Å². The molecule has 4 aromatic heterocycles. The minimum absolute atomic E-state index is 0.00725. The Hall–Kier alpha value is -4.46. The number of benzene rings is 1. The molecular weight excluding hydrogens is 408 g/mol. The fraction of sp³-hybridized carbons (Fsp3) is 0.0833. The van der Waals surface area contributed by atoms with Crippen molar-refractivity contribution < 1.29 is 13.8 Å². The van der Waals surface area contributed by atoms with Crippen LogP contribution in [-0.2, 0) is 0 Å². The molecule has 4 heterocycles. The van der Waals surface area contributed by atoms with Gasteiger partial charge in [-0.2, -0.15) is 0 Å². The van der Waals surface area contributed by atoms with E-state index in [2.05, 4.69) is 9.98 Å². The monoisotopic (exact) mass is 426 g/mol. The summed E-state index contributed by atoms with van der Waals surface area (Å²) in [5.41, 5.74) is 3.58. The van der Waals surface area contributed by atoms with Crippen molar-refractivity contribution in [1.82, 2.24) is 9.38 Å². The van der Waals surface area contributed by atoms with Gasteiger partial charge in [-0.05, 0) is 67.4 Å². The van der Waals surface area contributed by atoms with E-state index in [0.717, 1.165) is 16.8 Å². The highest BCUT2D eigenvalue weighted by Crippen LogP contribution is 2.34. The number of aryl methyl sites for hydroxylation is 2. The van der Waals surface area contributed by atoms with Crippen LogP contribution in [0.25, 0.3) is 28.4 Å². The Labute approximate surface area is 182 Å². The highest BCUT2D eigenvalue weighted by Gasteiger charge is 2.20. The average molecular weight is 426 g/mol. The zero-order valence-electron chi connectivity index (χ0n) is 17.4. The zero-order valence-corrected chi connectivity index (χ0v) is 17.4. The third kappa shape index (κ3) is 3.37. The number of pyridine rings is 1. The van der Waals surface area contributed by atoms with Gasteiger partial charge in [-0.25, -0.2) is 9.98 Å². The molecule has 0 radical (unpaired) electrons. The van der Waals surface area contributed by atoms with Gasteiger partial charge in [-0.15, -0.1) is 0 Å². The van der Waals surface area contributed by atoms with Crippen molar-refractivity contribution in [2.24, 2.45) is 4.99 Å². The van der Waals surface area contributed by atoms with Gasteiger partial charge in [-0.3, -0.25) is 14.5 Å². The van der Waals surface area contributed by atoms with Gasteiger partial charge in [0.25, 0.3) is 5.69 Å². The predicted molar refractivity (Wildman–Crippen MR) is 120 cm³/mol. The first kappa shape index (κ1) is 19.5. The first-order valence-corrected chi connectivity index (χ1v) is 9.92. The van der Waals surface area contributed by atoms with E-state index in [1.807, 2.05) is 48.7 Å². The molecule has 5 aromatic rings. The van der Waals surface area contributed by atoms with Crippen LogP contribution in [0.15, 0.2) is 80.9 Å². The lowest BCUT2D eigenvalue weighted by Crippen LogP contribution is -1.94. The fourth-order valence-corrected chi connectivity index (χ4v) is 3.53. The molecule has 8 heteroatoms. The molecule has 8 nitrogen and oxygen atoms in total. The Morgan fingerprint density at radius 3 is 2.69 bits per heavy atom. The van der Waals surface area contributed by atoms with Crippen LogP contribution in [0.1, 0.15) is 16.9 Å². The molecule has 1 aromatic carbocycles. The van der Waals surface area contributed by atoms with Crippen molar-refractivity contribution in [2.75, 3.05) is 0 Å². The highest BCUT2D eigenvalue weighted by molar-refractivity contribution is 5.83. The van der Waals surface area contributed by atoms with Crippen LogP contribution >= 0.6 is 0 Å². The predicted octanol–water partition coefficient (Wildman–Crippen LogP) is 6.13. The van der Waals surface area contributed by atoms with Crippen LogP contribution < -0.4 is 0 Å². The second kappa shape index (κ2) is 7.66. The second-order valence-corrected chi connectivity index (χ2v) is 7.36. The van der Waals surface area contributed by atoms with Gasteiger partial charge in [-0.1, -0.05) is 6.07 Å². The molecule has 0 fully saturated rings. The molecule has 0 atom stereocenters. The summed E-state index contributed by atoms with van der Waals surface area (Å²) in [5.74, 6) is 2.06. The van der Waals surface area contributed by atoms with E-state index in [-0.39, 0.29) is 5.69 Å². The Bertz CT molecular complexity index is 1480. The van der Waals surface area contributed by atoms with Gasteiger partial charge < -0.3 is 8.83 Å². The molecule has 0 aliphatic heterocycles. The smallest absolute Gasteiger partial charge is 0.280 e. The molecule has 5 rings (SSSR count). The average Bonchev–Trinajstić information content (AvgIpc) is 3.53. The minimum Gasteiger partial charge on any atom is -0.463 e. The van der Waals surface area contributed by atoms with Crippen molar-refractivity contribution >= 4 is 23.4 Å². The molecule has 0 saturated carbocycles. The third-order valence-electron chi connectivity index (χ3n) is 5.27. The van der Waals surface area contributed by atoms with Gasteiger partial charge in [0.1, 0.15) is 17.2 Å². The van der Waals surface area contributed by atoms with E-state index < -0.39 is 4.92 Å². The summed E-state index contributed by atoms with van der Waals surface area (Å²) in [6, 6.07) is 16.1. The lowest BCUT2D eigenvalue weighted by molar-refractivity contribution is -0.384. The Morgan fingerprint density at radius 2 is 1.91 bits per heavy atom. The SMILES string of the molecule is Cc1cc(-c2ccc(C=Nc3c(-c4ccco4)nc4ccccn34)o2)c([N+](=O)[O-])cc1C. The summed E-state index contributed by atoms with van der Waals surface area (Å²) in [5, 5.41) is 11.5. The Kier molecular flexibility index (Phi) is 4.67. The lowest BCUT2D eigenvalue weighted by atomic mass is 10.0. The normalized spacial score (nSPS) is 11.6. The van der Waals surface area contributed by atoms with Gasteiger partial charge in [0.05, 0.1) is 23.0 Å². The molecule has 0 unspecified atom stereocenters. The zero-order chi connectivity index (χ0) is 22.2. The molecular formula is C24H18N4O4. The lowest BCUT2D eigenvalue weighted by Gasteiger charge is -2.04. The van der Waals surface area contributed by atoms with E-state index in [4.69, 9.17) is 8.83 Å². The number of aliphatic imine (C=N–C) groups is 1. The maximum Gasteiger partial charge on any atom is 0.280 e. The first-order valence-electron chi connectivity index (χ1n) is 9.92. The number of fused-ring (bicyclic) bond motifs is 1. The third-order valence-corrected chi connectivity index (χ3v) is 5.27. The summed E-state index contributed by atoms with van der Waals surface area (Å²) in [6.07, 6.45) is 5.02. The number of hydrogen-bond acceptors (Lipinski definition) is 6. The summed E-state index contributed by atoms with van der Waals surface area (Å²) in [4.78, 5) is 20.4. The van der Waals surface area contributed by atoms with Crippen molar-refractivity contribution in [1.29, 1.82) is 0 Å². The maximum absolute atomic E-state index is 11.5. The van der Waals surface area contributed by atoms with E-state index in [9.17, 15) is 10.1 Å². The van der Waals surface area contributed by atoms with Crippen molar-refractivity contribution in [2.45, 2.75) is 13.8 Å². The molecule has 32 heavy (non-hydrogen) atoms. The van der Waals surface area contributed by atoms with Crippen molar-refractivity contribution in [3.8, 4) is 22.8 Å². The number of rotatable bonds is 5. The quantitative estimate of drug-likeness (QED) is 0.191. The van der Waals surface area contributed by atoms with Crippen LogP contribution in [0.4, 0.5) is 11.5 Å². The van der Waals surface area contributed by atoms with Gasteiger partial charge >= 0.3 is 0 Å². The van der Waals surface area contributed by atoms with Crippen molar-refractivity contribution in [3.05, 3.63) is 94.1 Å². The van der Waals surface area contributed by atoms with Crippen LogP contribution in [-0.4, -0.2) is 20.5 Å². The molecule has 0 spiro atoms. The second-order valence-electron chi connectivity index (χ2n) is 7.36. The fourth-order valence-electron chi connectivity index (χ4n) is 3.53. The number of aromatic nitrogens is 2. The number of nitro benzene ring substituents is 1. The van der Waals surface area contributed by atoms with E-state index >= 15 is 0 Å². The van der Waals surface area contributed by atoms with Crippen LogP contribution in [0, 0.1) is 24.0 Å². The first-order chi connectivity index (χ1) is 15.5. The van der Waals surface area contributed by atoms with Gasteiger partial charge in [0.15, 0.2) is 17.3 Å². The number of furan rings is 2. The number of hydrogen-bond donors (Lipinski definition) is 0. The Morgan fingerprint density at radius 1 is 1.06 bits per heavy atom. The van der Waals surface area contributed by atoms with Gasteiger partial charge in [0.2, 0.25) is 0 Å². The van der Waals surface area contributed by atoms with Crippen LogP contribution in [0.3, 0.4) is 0 Å². The molecule has 0 saturated heterocycles. The topological polar surface area (TPSA) is 99.1 Å². The minimum atomic E-state index is -0.397. The molecule has 0 N–H and O–H groups in total. The number of nitro groups is 1. The molecule has 0 bridgehead atoms. The summed E-state index contributed by atoms with van der Waals surface area (Å²) < 4.78 is 13.3. The van der Waals surface area contributed by atoms with Crippen LogP contribution in [0.5, 0.6) is 0 Å². The summed E-state index contributed by atoms with van der Waals surface area (Å²) in [6.45, 7) is 3.76. The number of nitrogens with zero attached hydrogens (tertiary/aromatic N) is 4. The van der Waals surface area contributed by atoms with E-state index in [1.165, 1.54) is 0 Å². The summed E-state index contributed by atoms with van der Waals surface area (Å²) >= 11 is 0. The maximum atomic E-state index is 11.5. The molecule has 0 aliphatic rings. The highest BCUT2D eigenvalue weighted by atomic mass is 16.6. The number of imidazole rings is 1. The van der Waals surface area contributed by atoms with Gasteiger partial charge in [0, 0.05) is 12.3 Å². The van der Waals surface area contributed by atoms with Crippen LogP contribution in [0.2, 0.25) is 0 Å². The van der Waals surface area contributed by atoms with E-state index in [1.54, 1.807) is 42.8 Å². The molecule has 0 amide bonds.